The summed E-state index contributed by atoms with van der Waals surface area (Å²) in [5, 5.41) is 1.57. The van der Waals surface area contributed by atoms with E-state index in [4.69, 9.17) is 10.5 Å². The number of pyridine rings is 1. The van der Waals surface area contributed by atoms with Crippen LogP contribution < -0.4 is 15.4 Å². The van der Waals surface area contributed by atoms with Crippen molar-refractivity contribution < 1.29 is 14.3 Å². The number of anilines is 1. The number of aromatic nitrogens is 1. The lowest BCUT2D eigenvalue weighted by atomic mass is 9.81. The van der Waals surface area contributed by atoms with Gasteiger partial charge in [-0.05, 0) is 73.2 Å². The van der Waals surface area contributed by atoms with Crippen LogP contribution in [0.2, 0.25) is 0 Å². The third-order valence-corrected chi connectivity index (χ3v) is 10.7. The first-order valence-corrected chi connectivity index (χ1v) is 16.2. The smallest absolute Gasteiger partial charge is 0.237 e. The molecule has 3 aliphatic rings. The van der Waals surface area contributed by atoms with Crippen LogP contribution in [0, 0.1) is 11.8 Å². The number of ether oxygens (including phenoxy) is 1. The van der Waals surface area contributed by atoms with Gasteiger partial charge >= 0.3 is 0 Å². The summed E-state index contributed by atoms with van der Waals surface area (Å²) in [7, 11) is 1.70. The molecule has 222 valence electrons. The van der Waals surface area contributed by atoms with Gasteiger partial charge in [0.2, 0.25) is 11.8 Å². The molecular weight excluding hydrogens is 546 g/mol. The quantitative estimate of drug-likeness (QED) is 0.409. The summed E-state index contributed by atoms with van der Waals surface area (Å²) >= 11 is 1.63. The van der Waals surface area contributed by atoms with Crippen LogP contribution in [0.25, 0.3) is 10.8 Å². The number of thioether (sulfide) groups is 1. The number of hydrogen-bond donors (Lipinski definition) is 1. The topological polar surface area (TPSA) is 92.0 Å². The molecule has 3 fully saturated rings. The molecule has 2 aromatic carbocycles. The molecule has 2 amide bonds. The van der Waals surface area contributed by atoms with Crippen molar-refractivity contribution >= 4 is 40.2 Å². The maximum absolute atomic E-state index is 14.1. The maximum atomic E-state index is 14.1. The molecule has 1 aliphatic carbocycles. The molecule has 1 aromatic heterocycles. The summed E-state index contributed by atoms with van der Waals surface area (Å²) in [5.41, 5.74) is 7.04. The van der Waals surface area contributed by atoms with E-state index in [1.54, 1.807) is 25.1 Å². The van der Waals surface area contributed by atoms with Crippen molar-refractivity contribution in [3.8, 4) is 5.75 Å². The minimum Gasteiger partial charge on any atom is -0.496 e. The number of fused-ring (bicyclic) bond motifs is 1. The van der Waals surface area contributed by atoms with Crippen LogP contribution in [0.4, 0.5) is 5.82 Å². The van der Waals surface area contributed by atoms with E-state index >= 15 is 0 Å². The van der Waals surface area contributed by atoms with Gasteiger partial charge < -0.3 is 25.2 Å². The molecule has 9 heteroatoms. The molecular formula is C33H41N5O3S. The van der Waals surface area contributed by atoms with Crippen LogP contribution in [0.1, 0.15) is 43.0 Å². The van der Waals surface area contributed by atoms with Gasteiger partial charge in [0, 0.05) is 50.7 Å². The van der Waals surface area contributed by atoms with E-state index in [0.29, 0.717) is 31.5 Å². The van der Waals surface area contributed by atoms with Crippen molar-refractivity contribution in [2.24, 2.45) is 17.6 Å². The van der Waals surface area contributed by atoms with Gasteiger partial charge in [-0.1, -0.05) is 36.4 Å². The Bertz CT molecular complexity index is 1380. The standard InChI is InChI=1S/C33H41N5O3S/c1-41-27-9-5-7-25-6-4-8-26(31(25)27)33-38(22-24-13-11-23(21-34)12-14-24)32(40)28(42-33)20-30(39)37-18-16-36(17-19-37)29-10-2-3-15-35-29/h2-10,15,23-24,28,33H,11-14,16-22,34H2,1H3. The van der Waals surface area contributed by atoms with E-state index in [1.807, 2.05) is 35.2 Å². The molecule has 3 aromatic rings. The monoisotopic (exact) mass is 587 g/mol. The Labute approximate surface area is 252 Å². The number of methoxy groups -OCH3 is 1. The largest absolute Gasteiger partial charge is 0.496 e. The summed E-state index contributed by atoms with van der Waals surface area (Å²) < 4.78 is 5.78. The number of carbonyl (C=O) groups excluding carboxylic acids is 2. The van der Waals surface area contributed by atoms with Crippen molar-refractivity contribution in [2.45, 2.75) is 42.7 Å². The summed E-state index contributed by atoms with van der Waals surface area (Å²) in [4.78, 5) is 38.3. The zero-order valence-electron chi connectivity index (χ0n) is 24.4. The first-order valence-electron chi connectivity index (χ1n) is 15.2. The molecule has 8 nitrogen and oxygen atoms in total. The Morgan fingerprint density at radius 1 is 0.976 bits per heavy atom. The van der Waals surface area contributed by atoms with E-state index in [1.165, 1.54) is 0 Å². The van der Waals surface area contributed by atoms with Crippen LogP contribution in [-0.2, 0) is 9.59 Å². The number of nitrogens with zero attached hydrogens (tertiary/aromatic N) is 4. The molecule has 0 spiro atoms. The van der Waals surface area contributed by atoms with E-state index in [-0.39, 0.29) is 23.6 Å². The number of rotatable bonds is 8. The van der Waals surface area contributed by atoms with E-state index < -0.39 is 5.25 Å². The Hall–Kier alpha value is -3.30. The average Bonchev–Trinajstić information content (AvgIpc) is 3.34. The van der Waals surface area contributed by atoms with Gasteiger partial charge in [0.1, 0.15) is 16.9 Å². The molecule has 2 unspecified atom stereocenters. The second kappa shape index (κ2) is 12.9. The first-order chi connectivity index (χ1) is 20.6. The minimum atomic E-state index is -0.401. The summed E-state index contributed by atoms with van der Waals surface area (Å²) in [6.07, 6.45) is 6.44. The highest BCUT2D eigenvalue weighted by Crippen LogP contribution is 2.48. The van der Waals surface area contributed by atoms with Gasteiger partial charge in [-0.15, -0.1) is 11.8 Å². The number of nitrogens with two attached hydrogens (primary N) is 1. The predicted molar refractivity (Wildman–Crippen MR) is 168 cm³/mol. The fraction of sp³-hybridized carbons (Fsp3) is 0.485. The normalized spacial score (nSPS) is 24.8. The number of benzene rings is 2. The van der Waals surface area contributed by atoms with E-state index in [2.05, 4.69) is 39.0 Å². The number of carbonyl (C=O) groups is 2. The first kappa shape index (κ1) is 28.8. The number of hydrogen-bond acceptors (Lipinski definition) is 7. The molecule has 2 aliphatic heterocycles. The van der Waals surface area contributed by atoms with Crippen molar-refractivity contribution in [3.63, 3.8) is 0 Å². The Balaban J connectivity index is 1.20. The Morgan fingerprint density at radius 3 is 2.40 bits per heavy atom. The second-order valence-corrected chi connectivity index (χ2v) is 13.0. The molecule has 2 atom stereocenters. The van der Waals surface area contributed by atoms with Crippen molar-refractivity contribution in [1.82, 2.24) is 14.8 Å². The molecule has 42 heavy (non-hydrogen) atoms. The molecule has 1 saturated carbocycles. The Morgan fingerprint density at radius 2 is 1.71 bits per heavy atom. The van der Waals surface area contributed by atoms with E-state index in [0.717, 1.165) is 73.2 Å². The van der Waals surface area contributed by atoms with Crippen LogP contribution in [-0.4, -0.2) is 78.2 Å². The fourth-order valence-corrected chi connectivity index (χ4v) is 8.28. The Kier molecular flexibility index (Phi) is 8.86. The lowest BCUT2D eigenvalue weighted by molar-refractivity contribution is -0.136. The summed E-state index contributed by atoms with van der Waals surface area (Å²) in [5.74, 6) is 2.93. The van der Waals surface area contributed by atoms with Gasteiger partial charge in [0.05, 0.1) is 12.4 Å². The third-order valence-electron chi connectivity index (χ3n) is 9.24. The molecule has 2 saturated heterocycles. The highest BCUT2D eigenvalue weighted by Gasteiger charge is 2.44. The lowest BCUT2D eigenvalue weighted by Gasteiger charge is -2.35. The third kappa shape index (κ3) is 5.95. The number of piperazine rings is 1. The van der Waals surface area contributed by atoms with Crippen LogP contribution in [0.3, 0.4) is 0 Å². The van der Waals surface area contributed by atoms with E-state index in [9.17, 15) is 9.59 Å². The maximum Gasteiger partial charge on any atom is 0.237 e. The SMILES string of the molecule is COc1cccc2cccc(C3SC(CC(=O)N4CCN(c5ccccn5)CC4)C(=O)N3CC3CCC(CN)CC3)c12. The zero-order valence-corrected chi connectivity index (χ0v) is 25.2. The highest BCUT2D eigenvalue weighted by molar-refractivity contribution is 8.01. The van der Waals surface area contributed by atoms with Crippen molar-refractivity contribution in [1.29, 1.82) is 0 Å². The van der Waals surface area contributed by atoms with Gasteiger partial charge in [0.25, 0.3) is 0 Å². The average molecular weight is 588 g/mol. The zero-order chi connectivity index (χ0) is 29.1. The van der Waals surface area contributed by atoms with Gasteiger partial charge in [-0.25, -0.2) is 4.98 Å². The molecule has 2 N–H and O–H groups in total. The highest BCUT2D eigenvalue weighted by atomic mass is 32.2. The molecule has 6 rings (SSSR count). The molecule has 3 heterocycles. The second-order valence-electron chi connectivity index (χ2n) is 11.8. The summed E-state index contributed by atoms with van der Waals surface area (Å²) in [6.45, 7) is 4.21. The van der Waals surface area contributed by atoms with Crippen LogP contribution in [0.15, 0.2) is 60.8 Å². The number of amides is 2. The fourth-order valence-electron chi connectivity index (χ4n) is 6.80. The van der Waals surface area contributed by atoms with Crippen molar-refractivity contribution in [2.75, 3.05) is 51.3 Å². The van der Waals surface area contributed by atoms with Crippen LogP contribution >= 0.6 is 11.8 Å². The van der Waals surface area contributed by atoms with Crippen LogP contribution in [0.5, 0.6) is 5.75 Å². The molecule has 0 radical (unpaired) electrons. The lowest BCUT2D eigenvalue weighted by Crippen LogP contribution is -2.49. The van der Waals surface area contributed by atoms with Crippen molar-refractivity contribution in [3.05, 3.63) is 66.4 Å². The van der Waals surface area contributed by atoms with Gasteiger partial charge in [-0.3, -0.25) is 9.59 Å². The van der Waals surface area contributed by atoms with Gasteiger partial charge in [0.15, 0.2) is 0 Å². The predicted octanol–water partition coefficient (Wildman–Crippen LogP) is 4.69. The molecule has 0 bridgehead atoms. The minimum absolute atomic E-state index is 0.0566. The van der Waals surface area contributed by atoms with Gasteiger partial charge in [-0.2, -0.15) is 0 Å². The summed E-state index contributed by atoms with van der Waals surface area (Å²) in [6, 6.07) is 18.2.